The number of hydrogen-bond acceptors (Lipinski definition) is 7. The predicted molar refractivity (Wildman–Crippen MR) is 83.6 cm³/mol. The van der Waals surface area contributed by atoms with Crippen molar-refractivity contribution in [2.75, 3.05) is 0 Å². The molecule has 0 atom stereocenters. The van der Waals surface area contributed by atoms with Gasteiger partial charge in [-0.3, -0.25) is 0 Å². The summed E-state index contributed by atoms with van der Waals surface area (Å²) in [7, 11) is 1.55. The van der Waals surface area contributed by atoms with E-state index in [1.54, 1.807) is 12.4 Å². The van der Waals surface area contributed by atoms with Crippen LogP contribution >= 0.6 is 45.3 Å². The van der Waals surface area contributed by atoms with E-state index >= 15 is 0 Å². The molecule has 0 fully saturated rings. The summed E-state index contributed by atoms with van der Waals surface area (Å²) in [6, 6.07) is 0. The number of aromatic nitrogens is 5. The fourth-order valence-electron chi connectivity index (χ4n) is 1.51. The third kappa shape index (κ3) is 2.50. The van der Waals surface area contributed by atoms with Crippen molar-refractivity contribution in [3.05, 3.63) is 35.9 Å². The van der Waals surface area contributed by atoms with Gasteiger partial charge in [-0.05, 0) is 33.0 Å². The lowest BCUT2D eigenvalue weighted by atomic mass is 10.3. The standard InChI is InChI=1S/C10H8IN5O2S2/c1-15-10(17)16(14-13-15)7-5-20-8(11)6(7)4-18-9-12-2-3-19-9/h2-3,5H,4H2,1H3/i2T. The van der Waals surface area contributed by atoms with Crippen molar-refractivity contribution in [3.8, 4) is 10.9 Å². The van der Waals surface area contributed by atoms with Gasteiger partial charge in [0.2, 0.25) is 0 Å². The molecule has 3 heterocycles. The largest absolute Gasteiger partial charge is 0.465 e. The zero-order valence-corrected chi connectivity index (χ0v) is 13.9. The smallest absolute Gasteiger partial charge is 0.368 e. The summed E-state index contributed by atoms with van der Waals surface area (Å²) in [5.74, 6) is 0. The Morgan fingerprint density at radius 1 is 1.50 bits per heavy atom. The van der Waals surface area contributed by atoms with Crippen molar-refractivity contribution in [2.24, 2.45) is 7.05 Å². The Labute approximate surface area is 136 Å². The molecule has 0 saturated heterocycles. The SMILES string of the molecule is [3H]c1csc(OCc2c(-n3nnn(C)c3=O)csc2I)n1. The Kier molecular flexibility index (Phi) is 3.50. The summed E-state index contributed by atoms with van der Waals surface area (Å²) in [4.78, 5) is 15.9. The molecule has 104 valence electrons. The molecule has 0 aliphatic carbocycles. The van der Waals surface area contributed by atoms with E-state index in [2.05, 4.69) is 38.0 Å². The molecule has 0 aliphatic rings. The molecule has 0 saturated carbocycles. The van der Waals surface area contributed by atoms with Crippen LogP contribution in [0.3, 0.4) is 0 Å². The average molecular weight is 423 g/mol. The Morgan fingerprint density at radius 2 is 2.35 bits per heavy atom. The van der Waals surface area contributed by atoms with E-state index in [0.29, 0.717) is 10.9 Å². The molecule has 10 heteroatoms. The Bertz CT molecular complexity index is 839. The molecule has 0 aliphatic heterocycles. The summed E-state index contributed by atoms with van der Waals surface area (Å²) >= 11 is 4.95. The number of nitrogens with zero attached hydrogens (tertiary/aromatic N) is 5. The van der Waals surface area contributed by atoms with Gasteiger partial charge in [0.15, 0.2) is 0 Å². The molecule has 7 nitrogen and oxygen atoms in total. The molecule has 0 unspecified atom stereocenters. The molecule has 3 aromatic rings. The lowest BCUT2D eigenvalue weighted by molar-refractivity contribution is 0.303. The number of ether oxygens (including phenoxy) is 1. The molecule has 20 heavy (non-hydrogen) atoms. The third-order valence-electron chi connectivity index (χ3n) is 2.48. The molecule has 3 rings (SSSR count). The van der Waals surface area contributed by atoms with Crippen LogP contribution in [-0.4, -0.2) is 24.8 Å². The highest BCUT2D eigenvalue weighted by Crippen LogP contribution is 2.28. The number of rotatable bonds is 4. The van der Waals surface area contributed by atoms with Gasteiger partial charge in [0.1, 0.15) is 6.61 Å². The fraction of sp³-hybridized carbons (Fsp3) is 0.200. The highest BCUT2D eigenvalue weighted by molar-refractivity contribution is 14.1. The highest BCUT2D eigenvalue weighted by Gasteiger charge is 2.16. The van der Waals surface area contributed by atoms with Crippen molar-refractivity contribution in [3.63, 3.8) is 0 Å². The van der Waals surface area contributed by atoms with Crippen LogP contribution in [0.25, 0.3) is 5.69 Å². The number of halogens is 1. The monoisotopic (exact) mass is 423 g/mol. The average Bonchev–Trinajstić information content (AvgIpc) is 3.11. The van der Waals surface area contributed by atoms with Gasteiger partial charge in [0.05, 0.1) is 9.94 Å². The molecular weight excluding hydrogens is 413 g/mol. The molecule has 0 spiro atoms. The summed E-state index contributed by atoms with van der Waals surface area (Å²) in [6.45, 7) is 0.257. The number of tetrazole rings is 1. The molecule has 0 bridgehead atoms. The molecule has 3 aromatic heterocycles. The molecule has 0 radical (unpaired) electrons. The first-order valence-electron chi connectivity index (χ1n) is 5.86. The van der Waals surface area contributed by atoms with Crippen LogP contribution in [0.15, 0.2) is 21.7 Å². The van der Waals surface area contributed by atoms with E-state index in [9.17, 15) is 4.79 Å². The molecule has 0 N–H and O–H groups in total. The van der Waals surface area contributed by atoms with Gasteiger partial charge in [-0.15, -0.1) is 11.3 Å². The predicted octanol–water partition coefficient (Wildman–Crippen LogP) is 1.67. The zero-order valence-electron chi connectivity index (χ0n) is 11.1. The molecule has 0 aromatic carbocycles. The van der Waals surface area contributed by atoms with Crippen LogP contribution in [0.4, 0.5) is 0 Å². The van der Waals surface area contributed by atoms with Crippen molar-refractivity contribution < 1.29 is 6.11 Å². The van der Waals surface area contributed by atoms with Crippen LogP contribution < -0.4 is 10.4 Å². The third-order valence-corrected chi connectivity index (χ3v) is 5.32. The van der Waals surface area contributed by atoms with E-state index in [1.807, 2.05) is 5.38 Å². The van der Waals surface area contributed by atoms with Gasteiger partial charge in [0.25, 0.3) is 5.19 Å². The lowest BCUT2D eigenvalue weighted by Gasteiger charge is -2.04. The van der Waals surface area contributed by atoms with Gasteiger partial charge in [-0.1, -0.05) is 11.3 Å². The number of aryl methyl sites for hydroxylation is 1. The van der Waals surface area contributed by atoms with Crippen LogP contribution in [0.1, 0.15) is 6.93 Å². The zero-order chi connectivity index (χ0) is 15.0. The van der Waals surface area contributed by atoms with Crippen LogP contribution in [0.2, 0.25) is 0 Å². The topological polar surface area (TPSA) is 74.8 Å². The van der Waals surface area contributed by atoms with E-state index in [1.165, 1.54) is 32.0 Å². The first-order valence-corrected chi connectivity index (χ1v) is 8.20. The highest BCUT2D eigenvalue weighted by atomic mass is 127. The van der Waals surface area contributed by atoms with Crippen molar-refractivity contribution in [2.45, 2.75) is 6.61 Å². The van der Waals surface area contributed by atoms with Gasteiger partial charge in [-0.2, -0.15) is 9.36 Å². The summed E-state index contributed by atoms with van der Waals surface area (Å²) in [5, 5.41) is 11.4. The lowest BCUT2D eigenvalue weighted by Crippen LogP contribution is -2.22. The number of thiophene rings is 1. The first kappa shape index (κ1) is 12.5. The van der Waals surface area contributed by atoms with E-state index in [0.717, 1.165) is 8.45 Å². The van der Waals surface area contributed by atoms with Gasteiger partial charge in [0, 0.05) is 29.5 Å². The maximum absolute atomic E-state index is 11.9. The van der Waals surface area contributed by atoms with E-state index in [4.69, 9.17) is 6.11 Å². The Hall–Kier alpha value is -1.27. The summed E-state index contributed by atoms with van der Waals surface area (Å²) in [6.07, 6.45) is 0.181. The van der Waals surface area contributed by atoms with Crippen LogP contribution in [-0.2, 0) is 13.7 Å². The Morgan fingerprint density at radius 3 is 3.00 bits per heavy atom. The minimum atomic E-state index is -0.312. The molecular formula is C10H8IN5O2S2. The minimum Gasteiger partial charge on any atom is -0.465 e. The quantitative estimate of drug-likeness (QED) is 0.597. The minimum absolute atomic E-state index is 0.181. The second-order valence-electron chi connectivity index (χ2n) is 3.70. The first-order chi connectivity index (χ1) is 10.1. The van der Waals surface area contributed by atoms with Crippen LogP contribution in [0.5, 0.6) is 5.19 Å². The number of thiazole rings is 1. The summed E-state index contributed by atoms with van der Waals surface area (Å²) < 4.78 is 16.4. The van der Waals surface area contributed by atoms with Crippen molar-refractivity contribution in [1.82, 2.24) is 24.8 Å². The van der Waals surface area contributed by atoms with Gasteiger partial charge < -0.3 is 4.74 Å². The normalized spacial score (nSPS) is 11.6. The van der Waals surface area contributed by atoms with Gasteiger partial charge >= 0.3 is 5.69 Å². The second-order valence-corrected chi connectivity index (χ2v) is 7.21. The molecule has 0 amide bonds. The van der Waals surface area contributed by atoms with E-state index < -0.39 is 0 Å². The van der Waals surface area contributed by atoms with Crippen molar-refractivity contribution in [1.29, 1.82) is 0 Å². The Balaban J connectivity index is 1.90. The fourth-order valence-corrected chi connectivity index (χ4v) is 3.52. The van der Waals surface area contributed by atoms with Crippen LogP contribution in [0, 0.1) is 2.88 Å². The van der Waals surface area contributed by atoms with Gasteiger partial charge in [-0.25, -0.2) is 9.78 Å². The summed E-state index contributed by atoms with van der Waals surface area (Å²) in [5.41, 5.74) is 1.20. The van der Waals surface area contributed by atoms with E-state index in [-0.39, 0.29) is 18.5 Å². The second kappa shape index (κ2) is 5.61. The maximum Gasteiger partial charge on any atom is 0.368 e. The van der Waals surface area contributed by atoms with Crippen molar-refractivity contribution >= 4 is 45.3 Å². The number of hydrogen-bond donors (Lipinski definition) is 0. The maximum atomic E-state index is 11.9.